The van der Waals surface area contributed by atoms with Gasteiger partial charge in [0.1, 0.15) is 19.0 Å². The van der Waals surface area contributed by atoms with Crippen LogP contribution < -0.4 is 24.4 Å². The number of fused-ring (bicyclic) bond motifs is 2. The van der Waals surface area contributed by atoms with Gasteiger partial charge in [0.05, 0.1) is 12.2 Å². The number of hydrogen-bond acceptors (Lipinski definition) is 5. The Balaban J connectivity index is 1.53. The van der Waals surface area contributed by atoms with E-state index < -0.39 is 6.10 Å². The zero-order chi connectivity index (χ0) is 20.9. The normalized spacial score (nSPS) is 17.2. The summed E-state index contributed by atoms with van der Waals surface area (Å²) < 4.78 is 17.0. The summed E-state index contributed by atoms with van der Waals surface area (Å²) in [5.41, 5.74) is 1.47. The number of carbonyl (C=O) groups excluding carboxylic acids is 2. The highest BCUT2D eigenvalue weighted by Gasteiger charge is 2.32. The van der Waals surface area contributed by atoms with Crippen molar-refractivity contribution < 1.29 is 23.8 Å². The zero-order valence-corrected chi connectivity index (χ0v) is 16.8. The highest BCUT2D eigenvalue weighted by molar-refractivity contribution is 6.05. The van der Waals surface area contributed by atoms with Gasteiger partial charge < -0.3 is 24.4 Å². The third kappa shape index (κ3) is 4.25. The summed E-state index contributed by atoms with van der Waals surface area (Å²) in [6.45, 7) is 3.74. The molecule has 0 spiro atoms. The maximum absolute atomic E-state index is 13.0. The SMILES string of the molecule is CCCNC(=O)[C@@H]1CN(C(=O)/C=C/c2ccc3c(c2)OCCO3)c2ccccc2O1. The Labute approximate surface area is 175 Å². The predicted molar refractivity (Wildman–Crippen MR) is 113 cm³/mol. The van der Waals surface area contributed by atoms with E-state index in [9.17, 15) is 9.59 Å². The second kappa shape index (κ2) is 8.90. The predicted octanol–water partition coefficient (Wildman–Crippen LogP) is 2.79. The fraction of sp³-hybridized carbons (Fsp3) is 0.304. The maximum Gasteiger partial charge on any atom is 0.262 e. The number of benzene rings is 2. The van der Waals surface area contributed by atoms with Crippen molar-refractivity contribution in [1.82, 2.24) is 5.32 Å². The molecule has 7 heteroatoms. The van der Waals surface area contributed by atoms with Crippen LogP contribution in [0.3, 0.4) is 0 Å². The largest absolute Gasteiger partial charge is 0.486 e. The van der Waals surface area contributed by atoms with Crippen LogP contribution in [0.5, 0.6) is 17.2 Å². The summed E-state index contributed by atoms with van der Waals surface area (Å²) in [5, 5.41) is 2.83. The molecule has 2 aliphatic rings. The summed E-state index contributed by atoms with van der Waals surface area (Å²) >= 11 is 0. The summed E-state index contributed by atoms with van der Waals surface area (Å²) in [7, 11) is 0. The molecule has 4 rings (SSSR count). The topological polar surface area (TPSA) is 77.1 Å². The summed E-state index contributed by atoms with van der Waals surface area (Å²) in [5.74, 6) is 1.43. The molecule has 0 unspecified atom stereocenters. The molecule has 0 fully saturated rings. The highest BCUT2D eigenvalue weighted by atomic mass is 16.6. The molecule has 1 atom stereocenters. The standard InChI is InChI=1S/C23H24N2O5/c1-2-11-24-23(27)21-15-25(17-5-3-4-6-18(17)30-21)22(26)10-8-16-7-9-19-20(14-16)29-13-12-28-19/h3-10,14,21H,2,11-13,15H2,1H3,(H,24,27)/b10-8+/t21-/m0/s1. The van der Waals surface area contributed by atoms with E-state index in [2.05, 4.69) is 5.32 Å². The molecule has 0 radical (unpaired) electrons. The van der Waals surface area contributed by atoms with E-state index >= 15 is 0 Å². The van der Waals surface area contributed by atoms with Gasteiger partial charge in [-0.3, -0.25) is 9.59 Å². The lowest BCUT2D eigenvalue weighted by atomic mass is 10.1. The first-order valence-corrected chi connectivity index (χ1v) is 10.1. The van der Waals surface area contributed by atoms with Crippen molar-refractivity contribution in [3.8, 4) is 17.2 Å². The first-order valence-electron chi connectivity index (χ1n) is 10.1. The van der Waals surface area contributed by atoms with Crippen LogP contribution in [0.4, 0.5) is 5.69 Å². The molecule has 2 aromatic carbocycles. The van der Waals surface area contributed by atoms with Crippen LogP contribution in [0, 0.1) is 0 Å². The van der Waals surface area contributed by atoms with Crippen LogP contribution >= 0.6 is 0 Å². The van der Waals surface area contributed by atoms with Gasteiger partial charge in [0.15, 0.2) is 17.6 Å². The van der Waals surface area contributed by atoms with E-state index in [4.69, 9.17) is 14.2 Å². The van der Waals surface area contributed by atoms with Crippen LogP contribution in [-0.4, -0.2) is 44.2 Å². The molecule has 0 saturated carbocycles. The quantitative estimate of drug-likeness (QED) is 0.770. The van der Waals surface area contributed by atoms with E-state index in [1.54, 1.807) is 17.0 Å². The van der Waals surface area contributed by atoms with Gasteiger partial charge in [0.2, 0.25) is 0 Å². The molecule has 0 saturated heterocycles. The Hall–Kier alpha value is -3.48. The van der Waals surface area contributed by atoms with Crippen molar-refractivity contribution in [2.24, 2.45) is 0 Å². The van der Waals surface area contributed by atoms with Crippen LogP contribution in [0.15, 0.2) is 48.5 Å². The van der Waals surface area contributed by atoms with Gasteiger partial charge >= 0.3 is 0 Å². The van der Waals surface area contributed by atoms with Gasteiger partial charge in [-0.1, -0.05) is 25.1 Å². The Morgan fingerprint density at radius 3 is 2.73 bits per heavy atom. The molecule has 2 aromatic rings. The average molecular weight is 408 g/mol. The smallest absolute Gasteiger partial charge is 0.262 e. The second-order valence-corrected chi connectivity index (χ2v) is 7.05. The fourth-order valence-corrected chi connectivity index (χ4v) is 3.36. The Morgan fingerprint density at radius 2 is 1.90 bits per heavy atom. The van der Waals surface area contributed by atoms with Crippen LogP contribution in [0.25, 0.3) is 6.08 Å². The minimum atomic E-state index is -0.752. The molecule has 7 nitrogen and oxygen atoms in total. The van der Waals surface area contributed by atoms with Gasteiger partial charge in [-0.2, -0.15) is 0 Å². The number of nitrogens with zero attached hydrogens (tertiary/aromatic N) is 1. The molecular formula is C23H24N2O5. The first kappa shape index (κ1) is 19.8. The lowest BCUT2D eigenvalue weighted by Gasteiger charge is -2.33. The number of ether oxygens (including phenoxy) is 3. The van der Waals surface area contributed by atoms with Crippen molar-refractivity contribution in [1.29, 1.82) is 0 Å². The zero-order valence-electron chi connectivity index (χ0n) is 16.8. The van der Waals surface area contributed by atoms with Crippen LogP contribution in [0.1, 0.15) is 18.9 Å². The molecule has 0 bridgehead atoms. The lowest BCUT2D eigenvalue weighted by Crippen LogP contribution is -2.50. The van der Waals surface area contributed by atoms with Crippen molar-refractivity contribution in [3.05, 3.63) is 54.1 Å². The van der Waals surface area contributed by atoms with Gasteiger partial charge in [0.25, 0.3) is 11.8 Å². The summed E-state index contributed by atoms with van der Waals surface area (Å²) in [6, 6.07) is 12.8. The van der Waals surface area contributed by atoms with Crippen molar-refractivity contribution in [3.63, 3.8) is 0 Å². The number of amides is 2. The van der Waals surface area contributed by atoms with E-state index in [1.807, 2.05) is 43.3 Å². The van der Waals surface area contributed by atoms with E-state index in [0.29, 0.717) is 42.7 Å². The Kier molecular flexibility index (Phi) is 5.88. The molecule has 2 aliphatic heterocycles. The van der Waals surface area contributed by atoms with Gasteiger partial charge in [-0.15, -0.1) is 0 Å². The molecule has 1 N–H and O–H groups in total. The molecule has 156 valence electrons. The van der Waals surface area contributed by atoms with Crippen LogP contribution in [-0.2, 0) is 9.59 Å². The molecule has 0 aliphatic carbocycles. The number of anilines is 1. The maximum atomic E-state index is 13.0. The lowest BCUT2D eigenvalue weighted by molar-refractivity contribution is -0.128. The number of rotatable bonds is 5. The third-order valence-electron chi connectivity index (χ3n) is 4.87. The average Bonchev–Trinajstić information content (AvgIpc) is 2.80. The molecule has 30 heavy (non-hydrogen) atoms. The highest BCUT2D eigenvalue weighted by Crippen LogP contribution is 2.34. The van der Waals surface area contributed by atoms with Gasteiger partial charge in [-0.05, 0) is 42.3 Å². The van der Waals surface area contributed by atoms with Crippen LogP contribution in [0.2, 0.25) is 0 Å². The molecule has 0 aromatic heterocycles. The molecule has 2 heterocycles. The number of para-hydroxylation sites is 2. The number of hydrogen-bond donors (Lipinski definition) is 1. The second-order valence-electron chi connectivity index (χ2n) is 7.05. The molecular weight excluding hydrogens is 384 g/mol. The minimum Gasteiger partial charge on any atom is -0.486 e. The first-order chi connectivity index (χ1) is 14.7. The molecule has 2 amide bonds. The minimum absolute atomic E-state index is 0.150. The summed E-state index contributed by atoms with van der Waals surface area (Å²) in [4.78, 5) is 27.0. The van der Waals surface area contributed by atoms with E-state index in [1.165, 1.54) is 6.08 Å². The Morgan fingerprint density at radius 1 is 1.10 bits per heavy atom. The third-order valence-corrected chi connectivity index (χ3v) is 4.87. The summed E-state index contributed by atoms with van der Waals surface area (Å²) in [6.07, 6.45) is 3.30. The van der Waals surface area contributed by atoms with E-state index in [0.717, 1.165) is 12.0 Å². The fourth-order valence-electron chi connectivity index (χ4n) is 3.36. The van der Waals surface area contributed by atoms with Crippen molar-refractivity contribution in [2.75, 3.05) is 31.2 Å². The van der Waals surface area contributed by atoms with Gasteiger partial charge in [0, 0.05) is 12.6 Å². The number of nitrogens with one attached hydrogen (secondary N) is 1. The van der Waals surface area contributed by atoms with Crippen molar-refractivity contribution in [2.45, 2.75) is 19.4 Å². The van der Waals surface area contributed by atoms with E-state index in [-0.39, 0.29) is 18.4 Å². The Bertz CT molecular complexity index is 972. The monoisotopic (exact) mass is 408 g/mol. The van der Waals surface area contributed by atoms with Gasteiger partial charge in [-0.25, -0.2) is 0 Å². The van der Waals surface area contributed by atoms with Crippen molar-refractivity contribution >= 4 is 23.6 Å². The number of carbonyl (C=O) groups is 2.